The molecule has 0 spiro atoms. The molecule has 1 amide bonds. The molecule has 7 heteroatoms. The molecule has 0 radical (unpaired) electrons. The molecule has 1 heterocycles. The van der Waals surface area contributed by atoms with Crippen molar-refractivity contribution in [3.05, 3.63) is 11.8 Å². The summed E-state index contributed by atoms with van der Waals surface area (Å²) in [4.78, 5) is 13.6. The van der Waals surface area contributed by atoms with Gasteiger partial charge in [-0.2, -0.15) is 0 Å². The molecule has 0 aromatic rings. The zero-order chi connectivity index (χ0) is 10.1. The second-order valence-electron chi connectivity index (χ2n) is 2.24. The van der Waals surface area contributed by atoms with Crippen molar-refractivity contribution in [3.63, 3.8) is 0 Å². The van der Waals surface area contributed by atoms with Crippen LogP contribution < -0.4 is 5.73 Å². The van der Waals surface area contributed by atoms with Crippen LogP contribution >= 0.6 is 0 Å². The van der Waals surface area contributed by atoms with E-state index in [2.05, 4.69) is 9.73 Å². The average Bonchev–Trinajstić information content (AvgIpc) is 1.93. The van der Waals surface area contributed by atoms with Gasteiger partial charge in [-0.1, -0.05) is 0 Å². The molecule has 1 rings (SSSR count). The second-order valence-corrected chi connectivity index (χ2v) is 2.24. The third-order valence-corrected chi connectivity index (χ3v) is 1.22. The third kappa shape index (κ3) is 2.86. The van der Waals surface area contributed by atoms with Crippen LogP contribution in [0.3, 0.4) is 0 Å². The van der Waals surface area contributed by atoms with Crippen LogP contribution in [0.5, 0.6) is 0 Å². The van der Waals surface area contributed by atoms with Crippen molar-refractivity contribution >= 4 is 12.1 Å². The van der Waals surface area contributed by atoms with Crippen molar-refractivity contribution in [3.8, 4) is 0 Å². The van der Waals surface area contributed by atoms with Crippen molar-refractivity contribution in [2.45, 2.75) is 12.5 Å². The number of rotatable bonds is 1. The fraction of sp³-hybridized carbons (Fsp3) is 0.333. The van der Waals surface area contributed by atoms with Gasteiger partial charge in [0.05, 0.1) is 0 Å². The molecule has 0 fully saturated rings. The first kappa shape index (κ1) is 9.72. The number of dihydropyridines is 1. The van der Waals surface area contributed by atoms with Crippen LogP contribution in [0.15, 0.2) is 16.8 Å². The van der Waals surface area contributed by atoms with E-state index in [-0.39, 0.29) is 5.70 Å². The van der Waals surface area contributed by atoms with Crippen LogP contribution in [0.25, 0.3) is 0 Å². The highest BCUT2D eigenvalue weighted by Crippen LogP contribution is 2.20. The molecular weight excluding hydrogens is 189 g/mol. The molecule has 1 aliphatic heterocycles. The fourth-order valence-corrected chi connectivity index (χ4v) is 0.732. The van der Waals surface area contributed by atoms with Crippen LogP contribution in [0.1, 0.15) is 0 Å². The highest BCUT2D eigenvalue weighted by Gasteiger charge is 2.34. The largest absolute Gasteiger partial charge is 0.523 e. The van der Waals surface area contributed by atoms with Crippen molar-refractivity contribution in [2.75, 3.05) is 0 Å². The maximum absolute atomic E-state index is 11.7. The predicted octanol–water partition coefficient (Wildman–Crippen LogP) is 0.345. The summed E-state index contributed by atoms with van der Waals surface area (Å²) in [6.07, 6.45) is -4.80. The smallest absolute Gasteiger partial charge is 0.399 e. The Labute approximate surface area is 70.9 Å². The number of ether oxygens (including phenoxy) is 1. The molecule has 2 N–H and O–H groups in total. The lowest BCUT2D eigenvalue weighted by Gasteiger charge is -2.17. The van der Waals surface area contributed by atoms with Gasteiger partial charge in [0.2, 0.25) is 0 Å². The van der Waals surface area contributed by atoms with Gasteiger partial charge in [0.1, 0.15) is 6.10 Å². The summed E-state index contributed by atoms with van der Waals surface area (Å²) in [5.41, 5.74) is 4.79. The van der Waals surface area contributed by atoms with Crippen molar-refractivity contribution in [1.82, 2.24) is 0 Å². The lowest BCUT2D eigenvalue weighted by atomic mass is 10.2. The first-order chi connectivity index (χ1) is 5.88. The van der Waals surface area contributed by atoms with Gasteiger partial charge in [0.15, 0.2) is 0 Å². The monoisotopic (exact) mass is 194 g/mol. The molecular formula is C6H5F3N2O2. The number of hydrogen-bond donors (Lipinski definition) is 1. The van der Waals surface area contributed by atoms with Gasteiger partial charge in [0.25, 0.3) is 5.91 Å². The maximum atomic E-state index is 11.7. The Morgan fingerprint density at radius 2 is 2.15 bits per heavy atom. The standard InChI is InChI=1S/C6H5F3N2O2/c7-6(8,9)13-4-2-11-5(12)1-3(4)10/h1-2,4H,10H2. The summed E-state index contributed by atoms with van der Waals surface area (Å²) in [5, 5.41) is 0. The van der Waals surface area contributed by atoms with E-state index in [0.717, 1.165) is 6.08 Å². The summed E-state index contributed by atoms with van der Waals surface area (Å²) in [6.45, 7) is 0. The number of alkyl halides is 3. The van der Waals surface area contributed by atoms with E-state index >= 15 is 0 Å². The van der Waals surface area contributed by atoms with Crippen molar-refractivity contribution in [1.29, 1.82) is 0 Å². The average molecular weight is 194 g/mol. The van der Waals surface area contributed by atoms with Gasteiger partial charge in [-0.05, 0) is 0 Å². The van der Waals surface area contributed by atoms with E-state index in [1.54, 1.807) is 0 Å². The summed E-state index contributed by atoms with van der Waals surface area (Å²) >= 11 is 0. The Hall–Kier alpha value is -1.37. The minimum atomic E-state index is -4.80. The summed E-state index contributed by atoms with van der Waals surface area (Å²) in [6, 6.07) is 0. The SMILES string of the molecule is NC1=CC(=O)N=CC1OC(F)(F)F. The van der Waals surface area contributed by atoms with E-state index in [1.165, 1.54) is 0 Å². The Kier molecular flexibility index (Phi) is 2.37. The van der Waals surface area contributed by atoms with Crippen molar-refractivity contribution < 1.29 is 22.7 Å². The van der Waals surface area contributed by atoms with Gasteiger partial charge in [-0.25, -0.2) is 4.99 Å². The van der Waals surface area contributed by atoms with Gasteiger partial charge < -0.3 is 5.73 Å². The molecule has 0 bridgehead atoms. The van der Waals surface area contributed by atoms with Crippen molar-refractivity contribution in [2.24, 2.45) is 10.7 Å². The normalized spacial score (nSPS) is 23.2. The Balaban J connectivity index is 2.68. The van der Waals surface area contributed by atoms with Crippen LogP contribution in [0, 0.1) is 0 Å². The topological polar surface area (TPSA) is 64.7 Å². The predicted molar refractivity (Wildman–Crippen MR) is 36.7 cm³/mol. The highest BCUT2D eigenvalue weighted by atomic mass is 19.4. The maximum Gasteiger partial charge on any atom is 0.523 e. The van der Waals surface area contributed by atoms with E-state index in [1.807, 2.05) is 0 Å². The zero-order valence-electron chi connectivity index (χ0n) is 6.21. The second kappa shape index (κ2) is 3.17. The Bertz CT molecular complexity index is 282. The quantitative estimate of drug-likeness (QED) is 0.654. The van der Waals surface area contributed by atoms with E-state index < -0.39 is 18.4 Å². The number of nitrogens with two attached hydrogens (primary N) is 1. The van der Waals surface area contributed by atoms with Gasteiger partial charge >= 0.3 is 6.36 Å². The number of nitrogens with zero attached hydrogens (tertiary/aromatic N) is 1. The van der Waals surface area contributed by atoms with Gasteiger partial charge in [-0.15, -0.1) is 13.2 Å². The van der Waals surface area contributed by atoms with Gasteiger partial charge in [-0.3, -0.25) is 9.53 Å². The molecule has 1 unspecified atom stereocenters. The molecule has 0 aromatic heterocycles. The number of amides is 1. The summed E-state index contributed by atoms with van der Waals surface area (Å²) < 4.78 is 38.5. The molecule has 13 heavy (non-hydrogen) atoms. The third-order valence-electron chi connectivity index (χ3n) is 1.22. The van der Waals surface area contributed by atoms with Crippen LogP contribution in [0.4, 0.5) is 13.2 Å². The van der Waals surface area contributed by atoms with Gasteiger partial charge in [0, 0.05) is 18.0 Å². The fourth-order valence-electron chi connectivity index (χ4n) is 0.732. The number of aliphatic imine (C=N–C) groups is 1. The number of halogens is 3. The molecule has 4 nitrogen and oxygen atoms in total. The van der Waals surface area contributed by atoms with Crippen LogP contribution in [-0.2, 0) is 9.53 Å². The van der Waals surface area contributed by atoms with E-state index in [4.69, 9.17) is 5.73 Å². The first-order valence-corrected chi connectivity index (χ1v) is 3.18. The lowest BCUT2D eigenvalue weighted by molar-refractivity contribution is -0.328. The van der Waals surface area contributed by atoms with E-state index in [0.29, 0.717) is 6.21 Å². The summed E-state index contributed by atoms with van der Waals surface area (Å²) in [7, 11) is 0. The number of carbonyl (C=O) groups excluding carboxylic acids is 1. The van der Waals surface area contributed by atoms with E-state index in [9.17, 15) is 18.0 Å². The molecule has 0 saturated heterocycles. The molecule has 0 aromatic carbocycles. The van der Waals surface area contributed by atoms with Crippen LogP contribution in [-0.4, -0.2) is 24.6 Å². The Morgan fingerprint density at radius 1 is 1.54 bits per heavy atom. The first-order valence-electron chi connectivity index (χ1n) is 3.18. The number of carbonyl (C=O) groups is 1. The zero-order valence-corrected chi connectivity index (χ0v) is 6.21. The summed E-state index contributed by atoms with van der Waals surface area (Å²) in [5.74, 6) is -0.695. The van der Waals surface area contributed by atoms with Crippen LogP contribution in [0.2, 0.25) is 0 Å². The molecule has 1 aliphatic rings. The lowest BCUT2D eigenvalue weighted by Crippen LogP contribution is -2.32. The molecule has 0 aliphatic carbocycles. The number of hydrogen-bond acceptors (Lipinski definition) is 3. The molecule has 72 valence electrons. The Morgan fingerprint density at radius 3 is 2.62 bits per heavy atom. The molecule has 0 saturated carbocycles. The minimum Gasteiger partial charge on any atom is -0.399 e. The highest BCUT2D eigenvalue weighted by molar-refractivity contribution is 5.98. The minimum absolute atomic E-state index is 0.308. The molecule has 1 atom stereocenters.